The van der Waals surface area contributed by atoms with Crippen molar-refractivity contribution in [3.63, 3.8) is 0 Å². The molecule has 0 bridgehead atoms. The lowest BCUT2D eigenvalue weighted by molar-refractivity contribution is -0.384. The summed E-state index contributed by atoms with van der Waals surface area (Å²) in [6, 6.07) is 11.6. The summed E-state index contributed by atoms with van der Waals surface area (Å²) < 4.78 is 27.6. The summed E-state index contributed by atoms with van der Waals surface area (Å²) in [6.45, 7) is 0.621. The predicted molar refractivity (Wildman–Crippen MR) is 118 cm³/mol. The van der Waals surface area contributed by atoms with Crippen LogP contribution in [0.1, 0.15) is 31.2 Å². The molecule has 2 aromatic rings. The highest BCUT2D eigenvalue weighted by atomic mass is 32.2. The highest BCUT2D eigenvalue weighted by molar-refractivity contribution is 7.90. The Labute approximate surface area is 180 Å². The first kappa shape index (κ1) is 22.2. The number of hydrogen-bond donors (Lipinski definition) is 2. The number of nitrogens with zero attached hydrogens (tertiary/aromatic N) is 2. The molecule has 9 nitrogen and oxygen atoms in total. The number of benzene rings is 2. The summed E-state index contributed by atoms with van der Waals surface area (Å²) in [7, 11) is -3.73. The second-order valence-electron chi connectivity index (χ2n) is 6.94. The zero-order chi connectivity index (χ0) is 22.3. The van der Waals surface area contributed by atoms with E-state index in [1.165, 1.54) is 60.7 Å². The van der Waals surface area contributed by atoms with Crippen molar-refractivity contribution in [2.75, 3.05) is 11.9 Å². The first-order valence-electron chi connectivity index (χ1n) is 9.73. The van der Waals surface area contributed by atoms with Crippen molar-refractivity contribution in [2.24, 2.45) is 4.99 Å². The summed E-state index contributed by atoms with van der Waals surface area (Å²) in [5.74, 6) is 0.0613. The van der Waals surface area contributed by atoms with E-state index in [9.17, 15) is 23.3 Å². The van der Waals surface area contributed by atoms with Gasteiger partial charge < -0.3 is 5.32 Å². The molecule has 3 rings (SSSR count). The molecular formula is C21H22N4O5S. The minimum atomic E-state index is -3.73. The average Bonchev–Trinajstić information content (AvgIpc) is 3.01. The van der Waals surface area contributed by atoms with Crippen LogP contribution < -0.4 is 10.0 Å². The van der Waals surface area contributed by atoms with Crippen LogP contribution in [0.25, 0.3) is 6.08 Å². The maximum Gasteiger partial charge on any atom is 0.269 e. The SMILES string of the molecule is O=C(C=Cc1ccc([N+](=O)[O-])cc1)Nc1ccc(S(=O)(=O)NC2=NCCCCC2)cc1. The molecule has 1 aliphatic rings. The van der Waals surface area contributed by atoms with Crippen molar-refractivity contribution in [3.05, 3.63) is 70.3 Å². The molecule has 1 aliphatic heterocycles. The number of anilines is 1. The lowest BCUT2D eigenvalue weighted by Gasteiger charge is -2.10. The molecule has 31 heavy (non-hydrogen) atoms. The molecule has 0 aromatic heterocycles. The van der Waals surface area contributed by atoms with Crippen molar-refractivity contribution in [2.45, 2.75) is 30.6 Å². The predicted octanol–water partition coefficient (Wildman–Crippen LogP) is 3.50. The van der Waals surface area contributed by atoms with Gasteiger partial charge in [-0.25, -0.2) is 8.42 Å². The van der Waals surface area contributed by atoms with Gasteiger partial charge in [-0.2, -0.15) is 0 Å². The number of sulfonamides is 1. The Kier molecular flexibility index (Phi) is 7.14. The van der Waals surface area contributed by atoms with E-state index in [0.717, 1.165) is 19.3 Å². The Morgan fingerprint density at radius 2 is 1.74 bits per heavy atom. The normalized spacial score (nSPS) is 14.5. The van der Waals surface area contributed by atoms with Gasteiger partial charge in [-0.3, -0.25) is 24.6 Å². The number of amidine groups is 1. The molecule has 0 atom stereocenters. The Morgan fingerprint density at radius 1 is 1.03 bits per heavy atom. The number of nitro groups is 1. The fraction of sp³-hybridized carbons (Fsp3) is 0.238. The molecule has 1 amide bonds. The monoisotopic (exact) mass is 442 g/mol. The average molecular weight is 442 g/mol. The number of nitro benzene ring substituents is 1. The number of nitrogens with one attached hydrogen (secondary N) is 2. The maximum atomic E-state index is 12.5. The van der Waals surface area contributed by atoms with E-state index in [1.807, 2.05) is 0 Å². The van der Waals surface area contributed by atoms with Crippen LogP contribution in [-0.2, 0) is 14.8 Å². The topological polar surface area (TPSA) is 131 Å². The fourth-order valence-corrected chi connectivity index (χ4v) is 4.04. The Balaban J connectivity index is 1.59. The zero-order valence-corrected chi connectivity index (χ0v) is 17.5. The molecule has 0 fully saturated rings. The number of non-ortho nitro benzene ring substituents is 1. The summed E-state index contributed by atoms with van der Waals surface area (Å²) >= 11 is 0. The van der Waals surface area contributed by atoms with Gasteiger partial charge >= 0.3 is 0 Å². The second kappa shape index (κ2) is 9.98. The Hall–Kier alpha value is -3.53. The molecule has 0 spiro atoms. The van der Waals surface area contributed by atoms with Crippen LogP contribution in [0.2, 0.25) is 0 Å². The molecule has 10 heteroatoms. The lowest BCUT2D eigenvalue weighted by Crippen LogP contribution is -2.30. The van der Waals surface area contributed by atoms with Crippen LogP contribution in [0.15, 0.2) is 64.5 Å². The van der Waals surface area contributed by atoms with Gasteiger partial charge in [0.2, 0.25) is 5.91 Å². The maximum absolute atomic E-state index is 12.5. The van der Waals surface area contributed by atoms with Gasteiger partial charge in [0.15, 0.2) is 0 Å². The first-order valence-corrected chi connectivity index (χ1v) is 11.2. The van der Waals surface area contributed by atoms with Crippen LogP contribution in [0.4, 0.5) is 11.4 Å². The summed E-state index contributed by atoms with van der Waals surface area (Å²) in [5, 5.41) is 13.3. The number of carbonyl (C=O) groups is 1. The molecule has 0 radical (unpaired) electrons. The number of amides is 1. The highest BCUT2D eigenvalue weighted by Gasteiger charge is 2.17. The van der Waals surface area contributed by atoms with Crippen molar-refractivity contribution in [1.82, 2.24) is 4.72 Å². The minimum absolute atomic E-state index is 0.0303. The third-order valence-electron chi connectivity index (χ3n) is 4.59. The molecular weight excluding hydrogens is 420 g/mol. The quantitative estimate of drug-likeness (QED) is 0.402. The Bertz CT molecular complexity index is 1110. The van der Waals surface area contributed by atoms with E-state index in [4.69, 9.17) is 0 Å². The summed E-state index contributed by atoms with van der Waals surface area (Å²) in [4.78, 5) is 26.6. The zero-order valence-electron chi connectivity index (χ0n) is 16.7. The molecule has 0 saturated carbocycles. The van der Waals surface area contributed by atoms with Gasteiger partial charge in [-0.05, 0) is 60.9 Å². The minimum Gasteiger partial charge on any atom is -0.323 e. The largest absolute Gasteiger partial charge is 0.323 e. The van der Waals surface area contributed by atoms with Crippen molar-refractivity contribution in [1.29, 1.82) is 0 Å². The van der Waals surface area contributed by atoms with Gasteiger partial charge in [-0.15, -0.1) is 0 Å². The summed E-state index contributed by atoms with van der Waals surface area (Å²) in [6.07, 6.45) is 6.31. The van der Waals surface area contributed by atoms with Crippen LogP contribution in [-0.4, -0.2) is 31.6 Å². The van der Waals surface area contributed by atoms with E-state index >= 15 is 0 Å². The van der Waals surface area contributed by atoms with Gasteiger partial charge in [0.05, 0.1) is 9.82 Å². The highest BCUT2D eigenvalue weighted by Crippen LogP contribution is 2.16. The lowest BCUT2D eigenvalue weighted by atomic mass is 10.2. The van der Waals surface area contributed by atoms with Crippen LogP contribution in [0.3, 0.4) is 0 Å². The standard InChI is InChI=1S/C21H22N4O5S/c26-21(14-7-16-5-10-18(11-6-16)25(27)28)23-17-8-12-19(13-9-17)31(29,30)24-20-4-2-1-3-15-22-20/h5-14H,1-4,15H2,(H,22,24)(H,23,26). The molecule has 2 N–H and O–H groups in total. The van der Waals surface area contributed by atoms with E-state index in [1.54, 1.807) is 0 Å². The Morgan fingerprint density at radius 3 is 2.42 bits per heavy atom. The van der Waals surface area contributed by atoms with Crippen LogP contribution in [0.5, 0.6) is 0 Å². The fourth-order valence-electron chi connectivity index (χ4n) is 2.95. The summed E-state index contributed by atoms with van der Waals surface area (Å²) in [5.41, 5.74) is 1.04. The van der Waals surface area contributed by atoms with Gasteiger partial charge in [-0.1, -0.05) is 6.42 Å². The van der Waals surface area contributed by atoms with Crippen LogP contribution >= 0.6 is 0 Å². The van der Waals surface area contributed by atoms with Crippen molar-refractivity contribution < 1.29 is 18.1 Å². The molecule has 1 heterocycles. The van der Waals surface area contributed by atoms with E-state index < -0.39 is 20.9 Å². The first-order chi connectivity index (χ1) is 14.8. The van der Waals surface area contributed by atoms with Crippen molar-refractivity contribution in [3.8, 4) is 0 Å². The third-order valence-corrected chi connectivity index (χ3v) is 5.99. The molecule has 2 aromatic carbocycles. The van der Waals surface area contributed by atoms with Gasteiger partial charge in [0.25, 0.3) is 15.7 Å². The van der Waals surface area contributed by atoms with Crippen LogP contribution in [0, 0.1) is 10.1 Å². The van der Waals surface area contributed by atoms with E-state index in [0.29, 0.717) is 30.1 Å². The number of carbonyl (C=O) groups excluding carboxylic acids is 1. The number of rotatable bonds is 6. The van der Waals surface area contributed by atoms with Gasteiger partial charge in [0.1, 0.15) is 5.84 Å². The van der Waals surface area contributed by atoms with E-state index in [2.05, 4.69) is 15.0 Å². The molecule has 0 aliphatic carbocycles. The second-order valence-corrected chi connectivity index (χ2v) is 8.62. The third kappa shape index (κ3) is 6.48. The van der Waals surface area contributed by atoms with Gasteiger partial charge in [0, 0.05) is 36.9 Å². The number of hydrogen-bond acceptors (Lipinski definition) is 6. The number of aliphatic imine (C=N–C) groups is 1. The smallest absolute Gasteiger partial charge is 0.269 e. The molecule has 0 unspecified atom stereocenters. The molecule has 0 saturated heterocycles. The van der Waals surface area contributed by atoms with E-state index in [-0.39, 0.29) is 10.6 Å². The molecule has 162 valence electrons. The van der Waals surface area contributed by atoms with Crippen molar-refractivity contribution >= 4 is 39.2 Å².